The fourth-order valence-corrected chi connectivity index (χ4v) is 3.07. The van der Waals surface area contributed by atoms with Gasteiger partial charge in [0, 0.05) is 44.2 Å². The van der Waals surface area contributed by atoms with Gasteiger partial charge in [-0.05, 0) is 23.6 Å². The molecule has 0 fully saturated rings. The molecule has 1 aromatic carbocycles. The van der Waals surface area contributed by atoms with Crippen molar-refractivity contribution >= 4 is 17.5 Å². The van der Waals surface area contributed by atoms with Crippen molar-refractivity contribution in [2.45, 2.75) is 19.9 Å². The highest BCUT2D eigenvalue weighted by molar-refractivity contribution is 6.03. The van der Waals surface area contributed by atoms with Gasteiger partial charge in [0.1, 0.15) is 0 Å². The van der Waals surface area contributed by atoms with Crippen LogP contribution in [0.15, 0.2) is 48.9 Å². The average molecular weight is 406 g/mol. The summed E-state index contributed by atoms with van der Waals surface area (Å²) in [4.78, 5) is 29.0. The minimum absolute atomic E-state index is 0.0949. The van der Waals surface area contributed by atoms with E-state index in [4.69, 9.17) is 0 Å². The van der Waals surface area contributed by atoms with Gasteiger partial charge in [0.2, 0.25) is 5.91 Å². The number of anilines is 1. The smallest absolute Gasteiger partial charge is 0.271 e. The number of rotatable bonds is 8. The molecule has 8 heteroatoms. The Labute approximate surface area is 175 Å². The molecule has 3 aromatic rings. The molecule has 0 unspecified atom stereocenters. The number of benzene rings is 1. The molecule has 8 nitrogen and oxygen atoms in total. The lowest BCUT2D eigenvalue weighted by Gasteiger charge is -2.12. The SMILES string of the molecule is CCc1cccc(-c2cnc(C(=O)NC)c(NC(=O)CNCc3cnn(C)c3)c2)c1. The Morgan fingerprint density at radius 2 is 1.93 bits per heavy atom. The van der Waals surface area contributed by atoms with Gasteiger partial charge in [-0.2, -0.15) is 5.10 Å². The van der Waals surface area contributed by atoms with E-state index in [1.807, 2.05) is 25.4 Å². The zero-order chi connectivity index (χ0) is 21.5. The van der Waals surface area contributed by atoms with E-state index in [1.54, 1.807) is 23.1 Å². The van der Waals surface area contributed by atoms with Crippen molar-refractivity contribution < 1.29 is 9.59 Å². The summed E-state index contributed by atoms with van der Waals surface area (Å²) >= 11 is 0. The maximum absolute atomic E-state index is 12.5. The van der Waals surface area contributed by atoms with Crippen LogP contribution in [0.2, 0.25) is 0 Å². The minimum atomic E-state index is -0.359. The number of carbonyl (C=O) groups excluding carboxylic acids is 2. The first-order chi connectivity index (χ1) is 14.5. The Balaban J connectivity index is 1.76. The second-order valence-electron chi connectivity index (χ2n) is 6.93. The van der Waals surface area contributed by atoms with E-state index in [9.17, 15) is 9.59 Å². The largest absolute Gasteiger partial charge is 0.354 e. The number of amides is 2. The summed E-state index contributed by atoms with van der Waals surface area (Å²) in [6, 6.07) is 9.90. The molecule has 0 spiro atoms. The van der Waals surface area contributed by atoms with Gasteiger partial charge in [-0.1, -0.05) is 31.2 Å². The van der Waals surface area contributed by atoms with Crippen LogP contribution in [-0.2, 0) is 24.8 Å². The third-order valence-corrected chi connectivity index (χ3v) is 4.65. The number of nitrogens with one attached hydrogen (secondary N) is 3. The van der Waals surface area contributed by atoms with Crippen LogP contribution < -0.4 is 16.0 Å². The summed E-state index contributed by atoms with van der Waals surface area (Å²) in [6.07, 6.45) is 6.19. The maximum atomic E-state index is 12.5. The van der Waals surface area contributed by atoms with Gasteiger partial charge >= 0.3 is 0 Å². The second-order valence-corrected chi connectivity index (χ2v) is 6.93. The molecule has 0 saturated carbocycles. The Bertz CT molecular complexity index is 1040. The zero-order valence-electron chi connectivity index (χ0n) is 17.4. The summed E-state index contributed by atoms with van der Waals surface area (Å²) in [5, 5.41) is 12.5. The lowest BCUT2D eigenvalue weighted by Crippen LogP contribution is -2.29. The number of hydrogen-bond donors (Lipinski definition) is 3. The lowest BCUT2D eigenvalue weighted by atomic mass is 10.0. The highest BCUT2D eigenvalue weighted by atomic mass is 16.2. The molecule has 2 aromatic heterocycles. The summed E-state index contributed by atoms with van der Waals surface area (Å²) in [5.41, 5.74) is 4.55. The minimum Gasteiger partial charge on any atom is -0.354 e. The van der Waals surface area contributed by atoms with Gasteiger partial charge in [0.25, 0.3) is 5.91 Å². The summed E-state index contributed by atoms with van der Waals surface area (Å²) < 4.78 is 1.71. The highest BCUT2D eigenvalue weighted by Crippen LogP contribution is 2.25. The van der Waals surface area contributed by atoms with E-state index >= 15 is 0 Å². The van der Waals surface area contributed by atoms with E-state index < -0.39 is 0 Å². The molecule has 30 heavy (non-hydrogen) atoms. The molecule has 3 N–H and O–H groups in total. The topological polar surface area (TPSA) is 101 Å². The van der Waals surface area contributed by atoms with Gasteiger partial charge in [0.05, 0.1) is 18.4 Å². The fourth-order valence-electron chi connectivity index (χ4n) is 3.07. The first kappa shape index (κ1) is 21.2. The van der Waals surface area contributed by atoms with Crippen molar-refractivity contribution in [3.63, 3.8) is 0 Å². The van der Waals surface area contributed by atoms with Crippen molar-refractivity contribution in [2.24, 2.45) is 7.05 Å². The third kappa shape index (κ3) is 5.30. The standard InChI is InChI=1S/C22H26N6O2/c1-4-15-6-5-7-17(8-15)18-9-19(21(25-12-18)22(30)23-2)27-20(29)13-24-10-16-11-26-28(3)14-16/h5-9,11-12,14,24H,4,10,13H2,1-3H3,(H,23,30)(H,27,29). The van der Waals surface area contributed by atoms with E-state index in [0.717, 1.165) is 23.1 Å². The van der Waals surface area contributed by atoms with Crippen molar-refractivity contribution in [1.29, 1.82) is 0 Å². The molecule has 0 atom stereocenters. The second kappa shape index (κ2) is 9.80. The maximum Gasteiger partial charge on any atom is 0.271 e. The van der Waals surface area contributed by atoms with Crippen molar-refractivity contribution in [2.75, 3.05) is 18.9 Å². The number of nitrogens with zero attached hydrogens (tertiary/aromatic N) is 3. The van der Waals surface area contributed by atoms with Crippen LogP contribution in [0.1, 0.15) is 28.5 Å². The van der Waals surface area contributed by atoms with E-state index in [-0.39, 0.29) is 24.1 Å². The van der Waals surface area contributed by atoms with Gasteiger partial charge < -0.3 is 16.0 Å². The first-order valence-electron chi connectivity index (χ1n) is 9.79. The lowest BCUT2D eigenvalue weighted by molar-refractivity contribution is -0.115. The van der Waals surface area contributed by atoms with Crippen molar-refractivity contribution in [1.82, 2.24) is 25.4 Å². The molecule has 3 rings (SSSR count). The first-order valence-corrected chi connectivity index (χ1v) is 9.79. The molecule has 0 aliphatic heterocycles. The van der Waals surface area contributed by atoms with Gasteiger partial charge in [-0.25, -0.2) is 4.98 Å². The predicted octanol–water partition coefficient (Wildman–Crippen LogP) is 2.13. The van der Waals surface area contributed by atoms with Crippen LogP contribution in [-0.4, -0.2) is 40.2 Å². The Hall–Kier alpha value is -3.52. The van der Waals surface area contributed by atoms with Crippen LogP contribution >= 0.6 is 0 Å². The van der Waals surface area contributed by atoms with Crippen LogP contribution in [0, 0.1) is 0 Å². The van der Waals surface area contributed by atoms with Crippen molar-refractivity contribution in [3.8, 4) is 11.1 Å². The number of pyridine rings is 1. The van der Waals surface area contributed by atoms with Gasteiger partial charge in [-0.3, -0.25) is 14.3 Å². The Morgan fingerprint density at radius 3 is 2.63 bits per heavy atom. The molecular weight excluding hydrogens is 380 g/mol. The van der Waals surface area contributed by atoms with Crippen LogP contribution in [0.3, 0.4) is 0 Å². The third-order valence-electron chi connectivity index (χ3n) is 4.65. The number of carbonyl (C=O) groups is 2. The normalized spacial score (nSPS) is 10.6. The van der Waals surface area contributed by atoms with E-state index in [1.165, 1.54) is 12.6 Å². The van der Waals surface area contributed by atoms with Crippen LogP contribution in [0.5, 0.6) is 0 Å². The Morgan fingerprint density at radius 1 is 1.10 bits per heavy atom. The Kier molecular flexibility index (Phi) is 6.92. The molecule has 0 saturated heterocycles. The number of hydrogen-bond acceptors (Lipinski definition) is 5. The molecule has 0 bridgehead atoms. The molecule has 0 aliphatic rings. The molecule has 0 aliphatic carbocycles. The summed E-state index contributed by atoms with van der Waals surface area (Å²) in [6.45, 7) is 2.71. The number of aryl methyl sites for hydroxylation is 2. The summed E-state index contributed by atoms with van der Waals surface area (Å²) in [7, 11) is 3.37. The number of aromatic nitrogens is 3. The zero-order valence-corrected chi connectivity index (χ0v) is 17.4. The molecular formula is C22H26N6O2. The monoisotopic (exact) mass is 406 g/mol. The summed E-state index contributed by atoms with van der Waals surface area (Å²) in [5.74, 6) is -0.618. The predicted molar refractivity (Wildman–Crippen MR) is 116 cm³/mol. The fraction of sp³-hybridized carbons (Fsp3) is 0.273. The van der Waals surface area contributed by atoms with Gasteiger partial charge in [0.15, 0.2) is 5.69 Å². The van der Waals surface area contributed by atoms with Crippen molar-refractivity contribution in [3.05, 3.63) is 65.7 Å². The highest BCUT2D eigenvalue weighted by Gasteiger charge is 2.16. The molecule has 0 radical (unpaired) electrons. The molecule has 2 heterocycles. The molecule has 2 amide bonds. The van der Waals surface area contributed by atoms with Crippen LogP contribution in [0.4, 0.5) is 5.69 Å². The van der Waals surface area contributed by atoms with Crippen LogP contribution in [0.25, 0.3) is 11.1 Å². The average Bonchev–Trinajstić information content (AvgIpc) is 3.18. The molecule has 156 valence electrons. The quantitative estimate of drug-likeness (QED) is 0.532. The van der Waals surface area contributed by atoms with E-state index in [0.29, 0.717) is 12.2 Å². The van der Waals surface area contributed by atoms with E-state index in [2.05, 4.69) is 45.1 Å². The van der Waals surface area contributed by atoms with Gasteiger partial charge in [-0.15, -0.1) is 0 Å².